The maximum Gasteiger partial charge on any atom is 0.453 e. The lowest BCUT2D eigenvalue weighted by molar-refractivity contribution is -0.146. The molecule has 1 aliphatic heterocycles. The third kappa shape index (κ3) is 4.18. The van der Waals surface area contributed by atoms with Gasteiger partial charge in [-0.05, 0) is 43.4 Å². The summed E-state index contributed by atoms with van der Waals surface area (Å²) in [6.45, 7) is 1.01. The van der Waals surface area contributed by atoms with Gasteiger partial charge >= 0.3 is 6.18 Å². The van der Waals surface area contributed by atoms with E-state index in [9.17, 15) is 18.0 Å². The maximum atomic E-state index is 13.1. The smallest absolute Gasteiger partial charge is 0.355 e. The summed E-state index contributed by atoms with van der Waals surface area (Å²) in [5, 5.41) is 14.5. The van der Waals surface area contributed by atoms with Gasteiger partial charge in [-0.25, -0.2) is 4.98 Å². The number of aromatic nitrogens is 5. The predicted octanol–water partition coefficient (Wildman–Crippen LogP) is 3.12. The molecular weight excluding hydrogens is 419 g/mol. The van der Waals surface area contributed by atoms with Crippen LogP contribution in [-0.4, -0.2) is 50.0 Å². The lowest BCUT2D eigenvalue weighted by Crippen LogP contribution is -2.38. The lowest BCUT2D eigenvalue weighted by Gasteiger charge is -2.32. The highest BCUT2D eigenvalue weighted by molar-refractivity contribution is 7.98. The monoisotopic (exact) mass is 437 g/mol. The average molecular weight is 437 g/mol. The van der Waals surface area contributed by atoms with Crippen molar-refractivity contribution in [3.05, 3.63) is 36.3 Å². The van der Waals surface area contributed by atoms with Gasteiger partial charge in [-0.2, -0.15) is 17.7 Å². The minimum absolute atomic E-state index is 0.0291. The molecule has 8 nitrogen and oxygen atoms in total. The quantitative estimate of drug-likeness (QED) is 0.628. The Kier molecular flexibility index (Phi) is 5.50. The largest absolute Gasteiger partial charge is 0.453 e. The van der Waals surface area contributed by atoms with Crippen LogP contribution in [0.5, 0.6) is 0 Å². The average Bonchev–Trinajstić information content (AvgIpc) is 3.18. The molecule has 1 N–H and O–H groups in total. The number of amides is 1. The number of halogens is 3. The summed E-state index contributed by atoms with van der Waals surface area (Å²) in [6.07, 6.45) is 0.0367. The van der Waals surface area contributed by atoms with Gasteiger partial charge in [0.2, 0.25) is 5.91 Å². The molecule has 0 radical (unpaired) electrons. The van der Waals surface area contributed by atoms with E-state index in [0.29, 0.717) is 42.0 Å². The summed E-state index contributed by atoms with van der Waals surface area (Å²) in [5.74, 6) is -1.04. The van der Waals surface area contributed by atoms with Crippen molar-refractivity contribution in [2.45, 2.75) is 24.0 Å². The van der Waals surface area contributed by atoms with Gasteiger partial charge in [0.1, 0.15) is 5.82 Å². The van der Waals surface area contributed by atoms with Crippen molar-refractivity contribution in [3.63, 3.8) is 0 Å². The van der Waals surface area contributed by atoms with E-state index in [1.807, 2.05) is 23.3 Å². The number of nitrogens with zero attached hydrogens (tertiary/aromatic N) is 6. The number of carbonyl (C=O) groups excluding carboxylic acids is 1. The molecular formula is C18H18F3N7OS. The number of hydrogen-bond donors (Lipinski definition) is 1. The third-order valence-corrected chi connectivity index (χ3v) is 5.56. The van der Waals surface area contributed by atoms with Crippen molar-refractivity contribution in [1.29, 1.82) is 0 Å². The van der Waals surface area contributed by atoms with Gasteiger partial charge in [0.25, 0.3) is 5.82 Å². The summed E-state index contributed by atoms with van der Waals surface area (Å²) in [6, 6.07) is 6.71. The van der Waals surface area contributed by atoms with Gasteiger partial charge in [-0.1, -0.05) is 0 Å². The Hall–Kier alpha value is -2.89. The number of thioether (sulfide) groups is 1. The van der Waals surface area contributed by atoms with E-state index in [1.54, 1.807) is 12.3 Å². The number of carbonyl (C=O) groups is 1. The zero-order valence-corrected chi connectivity index (χ0v) is 16.7. The van der Waals surface area contributed by atoms with Crippen molar-refractivity contribution in [3.8, 4) is 0 Å². The highest BCUT2D eigenvalue weighted by atomic mass is 32.2. The molecule has 4 rings (SSSR count). The summed E-state index contributed by atoms with van der Waals surface area (Å²) < 4.78 is 39.9. The maximum absolute atomic E-state index is 13.1. The molecule has 0 unspecified atom stereocenters. The van der Waals surface area contributed by atoms with E-state index in [1.165, 1.54) is 17.8 Å². The molecule has 0 bridgehead atoms. The van der Waals surface area contributed by atoms with Gasteiger partial charge in [-0.15, -0.1) is 27.1 Å². The fourth-order valence-corrected chi connectivity index (χ4v) is 3.68. The van der Waals surface area contributed by atoms with Crippen LogP contribution in [0.15, 0.2) is 35.5 Å². The van der Waals surface area contributed by atoms with Gasteiger partial charge in [0.05, 0.1) is 16.9 Å². The molecule has 1 amide bonds. The minimum Gasteiger partial charge on any atom is -0.355 e. The molecule has 0 aliphatic carbocycles. The zero-order chi connectivity index (χ0) is 21.3. The van der Waals surface area contributed by atoms with Crippen LogP contribution in [0.3, 0.4) is 0 Å². The van der Waals surface area contributed by atoms with E-state index < -0.39 is 12.0 Å². The number of nitrogens with one attached hydrogen (secondary N) is 1. The molecule has 0 atom stereocenters. The number of alkyl halides is 3. The van der Waals surface area contributed by atoms with Gasteiger partial charge in [0.15, 0.2) is 5.65 Å². The molecule has 3 aromatic rings. The Balaban J connectivity index is 1.41. The number of piperidine rings is 1. The van der Waals surface area contributed by atoms with Crippen LogP contribution in [0.4, 0.5) is 24.7 Å². The van der Waals surface area contributed by atoms with Crippen molar-refractivity contribution in [2.75, 3.05) is 29.6 Å². The number of hydrogen-bond acceptors (Lipinski definition) is 7. The van der Waals surface area contributed by atoms with E-state index in [2.05, 4.69) is 25.6 Å². The molecule has 1 fully saturated rings. The summed E-state index contributed by atoms with van der Waals surface area (Å²) in [7, 11) is 0. The fourth-order valence-electron chi connectivity index (χ4n) is 3.31. The van der Waals surface area contributed by atoms with Crippen LogP contribution in [0.1, 0.15) is 18.7 Å². The fraction of sp³-hybridized carbons (Fsp3) is 0.389. The van der Waals surface area contributed by atoms with Crippen LogP contribution in [0, 0.1) is 5.92 Å². The van der Waals surface area contributed by atoms with Crippen molar-refractivity contribution < 1.29 is 18.0 Å². The number of anilines is 2. The molecule has 30 heavy (non-hydrogen) atoms. The van der Waals surface area contributed by atoms with E-state index in [4.69, 9.17) is 0 Å². The second-order valence-corrected chi connectivity index (χ2v) is 7.65. The van der Waals surface area contributed by atoms with Crippen LogP contribution < -0.4 is 10.2 Å². The van der Waals surface area contributed by atoms with Crippen LogP contribution >= 0.6 is 11.8 Å². The molecule has 0 spiro atoms. The van der Waals surface area contributed by atoms with Crippen LogP contribution in [-0.2, 0) is 11.0 Å². The molecule has 4 heterocycles. The zero-order valence-electron chi connectivity index (χ0n) is 15.9. The van der Waals surface area contributed by atoms with E-state index in [0.717, 1.165) is 5.03 Å². The number of pyridine rings is 1. The summed E-state index contributed by atoms with van der Waals surface area (Å²) in [5.41, 5.74) is 0.668. The topological polar surface area (TPSA) is 88.3 Å². The first-order valence-corrected chi connectivity index (χ1v) is 10.4. The van der Waals surface area contributed by atoms with Crippen molar-refractivity contribution in [2.24, 2.45) is 5.92 Å². The Labute approximate surface area is 173 Å². The first-order valence-electron chi connectivity index (χ1n) is 9.20. The minimum atomic E-state index is -4.64. The first kappa shape index (κ1) is 20.4. The van der Waals surface area contributed by atoms with Gasteiger partial charge in [0, 0.05) is 19.0 Å². The molecule has 0 saturated carbocycles. The number of fused-ring (bicyclic) bond motifs is 1. The SMILES string of the molecule is CSc1ccc(NC(=O)C2CCN(c3ccc4nnc(C(F)(F)F)n4n3)CC2)cn1. The lowest BCUT2D eigenvalue weighted by atomic mass is 9.96. The Morgan fingerprint density at radius 2 is 1.93 bits per heavy atom. The van der Waals surface area contributed by atoms with Gasteiger partial charge in [-0.3, -0.25) is 4.79 Å². The Morgan fingerprint density at radius 3 is 2.57 bits per heavy atom. The highest BCUT2D eigenvalue weighted by Crippen LogP contribution is 2.29. The molecule has 1 aliphatic rings. The predicted molar refractivity (Wildman–Crippen MR) is 105 cm³/mol. The van der Waals surface area contributed by atoms with E-state index in [-0.39, 0.29) is 17.5 Å². The van der Waals surface area contributed by atoms with Crippen molar-refractivity contribution >= 4 is 34.8 Å². The Morgan fingerprint density at radius 1 is 1.17 bits per heavy atom. The first-order chi connectivity index (χ1) is 14.3. The van der Waals surface area contributed by atoms with Crippen LogP contribution in [0.25, 0.3) is 5.65 Å². The summed E-state index contributed by atoms with van der Waals surface area (Å²) in [4.78, 5) is 18.6. The van der Waals surface area contributed by atoms with Crippen molar-refractivity contribution in [1.82, 2.24) is 24.8 Å². The Bertz CT molecular complexity index is 1050. The second-order valence-electron chi connectivity index (χ2n) is 6.82. The second kappa shape index (κ2) is 8.09. The van der Waals surface area contributed by atoms with E-state index >= 15 is 0 Å². The normalized spacial score (nSPS) is 15.5. The molecule has 12 heteroatoms. The number of rotatable bonds is 4. The molecule has 0 aromatic carbocycles. The molecule has 1 saturated heterocycles. The molecule has 3 aromatic heterocycles. The summed E-state index contributed by atoms with van der Waals surface area (Å²) >= 11 is 1.52. The van der Waals surface area contributed by atoms with Crippen LogP contribution in [0.2, 0.25) is 0 Å². The highest BCUT2D eigenvalue weighted by Gasteiger charge is 2.38. The van der Waals surface area contributed by atoms with Gasteiger partial charge < -0.3 is 10.2 Å². The standard InChI is InChI=1S/C18H18F3N7OS/c1-30-15-5-2-12(10-22-15)23-16(29)11-6-8-27(9-7-11)14-4-3-13-24-25-17(18(19,20)21)28(13)26-14/h2-5,10-11H,6-9H2,1H3,(H,23,29). The third-order valence-electron chi connectivity index (χ3n) is 4.91. The molecule has 158 valence electrons.